The lowest BCUT2D eigenvalue weighted by Crippen LogP contribution is -2.49. The van der Waals surface area contributed by atoms with Crippen LogP contribution in [0.3, 0.4) is 0 Å². The van der Waals surface area contributed by atoms with E-state index < -0.39 is 5.60 Å². The molecule has 4 rings (SSSR count). The monoisotopic (exact) mass is 341 g/mol. The molecule has 1 amide bonds. The maximum Gasteiger partial charge on any atom is 0.254 e. The number of fused-ring (bicyclic) bond motifs is 1. The molecule has 2 aromatic rings. The number of amides is 1. The fraction of sp³-hybridized carbons (Fsp3) is 0.474. The zero-order valence-corrected chi connectivity index (χ0v) is 14.2. The first kappa shape index (κ1) is 16.4. The smallest absolute Gasteiger partial charge is 0.254 e. The number of rotatable bonds is 3. The molecule has 2 aliphatic heterocycles. The molecule has 2 saturated heterocycles. The van der Waals surface area contributed by atoms with Crippen molar-refractivity contribution in [2.24, 2.45) is 0 Å². The summed E-state index contributed by atoms with van der Waals surface area (Å²) >= 11 is 0. The SMILES string of the molecule is O=C(c1cccc2ncccc12)N1CC[C@](O)(CN2CCOCC2)C1. The van der Waals surface area contributed by atoms with Gasteiger partial charge in [-0.3, -0.25) is 14.7 Å². The van der Waals surface area contributed by atoms with E-state index in [4.69, 9.17) is 4.74 Å². The van der Waals surface area contributed by atoms with Gasteiger partial charge in [-0.1, -0.05) is 12.1 Å². The highest BCUT2D eigenvalue weighted by molar-refractivity contribution is 6.06. The predicted molar refractivity (Wildman–Crippen MR) is 94.5 cm³/mol. The normalized spacial score (nSPS) is 24.8. The number of nitrogens with zero attached hydrogens (tertiary/aromatic N) is 3. The Labute approximate surface area is 147 Å². The molecule has 0 radical (unpaired) electrons. The second-order valence-electron chi connectivity index (χ2n) is 6.97. The molecule has 6 nitrogen and oxygen atoms in total. The van der Waals surface area contributed by atoms with E-state index in [1.165, 1.54) is 0 Å². The lowest BCUT2D eigenvalue weighted by Gasteiger charge is -2.33. The van der Waals surface area contributed by atoms with Crippen molar-refractivity contribution in [1.82, 2.24) is 14.8 Å². The number of benzene rings is 1. The van der Waals surface area contributed by atoms with E-state index in [1.807, 2.05) is 30.3 Å². The van der Waals surface area contributed by atoms with E-state index in [0.717, 1.165) is 24.0 Å². The van der Waals surface area contributed by atoms with Crippen LogP contribution in [-0.2, 0) is 4.74 Å². The van der Waals surface area contributed by atoms with Crippen LogP contribution >= 0.6 is 0 Å². The first-order valence-corrected chi connectivity index (χ1v) is 8.80. The highest BCUT2D eigenvalue weighted by Crippen LogP contribution is 2.26. The van der Waals surface area contributed by atoms with Crippen LogP contribution in [0, 0.1) is 0 Å². The molecule has 1 aromatic carbocycles. The highest BCUT2D eigenvalue weighted by atomic mass is 16.5. The van der Waals surface area contributed by atoms with Gasteiger partial charge < -0.3 is 14.7 Å². The first-order chi connectivity index (χ1) is 12.1. The lowest BCUT2D eigenvalue weighted by molar-refractivity contribution is -0.0257. The zero-order chi connectivity index (χ0) is 17.3. The highest BCUT2D eigenvalue weighted by Gasteiger charge is 2.40. The summed E-state index contributed by atoms with van der Waals surface area (Å²) in [6, 6.07) is 9.37. The third-order valence-corrected chi connectivity index (χ3v) is 5.12. The molecule has 2 fully saturated rings. The molecule has 132 valence electrons. The van der Waals surface area contributed by atoms with Crippen LogP contribution in [-0.4, -0.2) is 77.3 Å². The van der Waals surface area contributed by atoms with Crippen molar-refractivity contribution in [3.05, 3.63) is 42.1 Å². The molecule has 0 bridgehead atoms. The van der Waals surface area contributed by atoms with Crippen molar-refractivity contribution in [3.63, 3.8) is 0 Å². The van der Waals surface area contributed by atoms with Gasteiger partial charge in [0.05, 0.1) is 30.9 Å². The molecular formula is C19H23N3O3. The van der Waals surface area contributed by atoms with Crippen LogP contribution < -0.4 is 0 Å². The fourth-order valence-electron chi connectivity index (χ4n) is 3.79. The van der Waals surface area contributed by atoms with E-state index in [2.05, 4.69) is 9.88 Å². The van der Waals surface area contributed by atoms with Crippen LogP contribution in [0.25, 0.3) is 10.9 Å². The average molecular weight is 341 g/mol. The Bertz CT molecular complexity index is 770. The maximum atomic E-state index is 13.0. The minimum Gasteiger partial charge on any atom is -0.387 e. The number of ether oxygens (including phenoxy) is 1. The Morgan fingerprint density at radius 1 is 1.20 bits per heavy atom. The summed E-state index contributed by atoms with van der Waals surface area (Å²) in [5.41, 5.74) is 0.632. The number of morpholine rings is 1. The fourth-order valence-corrected chi connectivity index (χ4v) is 3.79. The Morgan fingerprint density at radius 3 is 2.88 bits per heavy atom. The Kier molecular flexibility index (Phi) is 4.41. The van der Waals surface area contributed by atoms with Gasteiger partial charge in [0.25, 0.3) is 5.91 Å². The van der Waals surface area contributed by atoms with Crippen molar-refractivity contribution < 1.29 is 14.6 Å². The van der Waals surface area contributed by atoms with E-state index in [0.29, 0.717) is 44.8 Å². The van der Waals surface area contributed by atoms with Gasteiger partial charge >= 0.3 is 0 Å². The van der Waals surface area contributed by atoms with Crippen LogP contribution in [0.15, 0.2) is 36.5 Å². The van der Waals surface area contributed by atoms with Crippen LogP contribution in [0.5, 0.6) is 0 Å². The molecule has 2 aliphatic rings. The van der Waals surface area contributed by atoms with Gasteiger partial charge in [-0.05, 0) is 24.6 Å². The van der Waals surface area contributed by atoms with E-state index in [9.17, 15) is 9.90 Å². The first-order valence-electron chi connectivity index (χ1n) is 8.80. The van der Waals surface area contributed by atoms with E-state index >= 15 is 0 Å². The average Bonchev–Trinajstić information content (AvgIpc) is 3.03. The molecule has 0 unspecified atom stereocenters. The second-order valence-corrected chi connectivity index (χ2v) is 6.97. The van der Waals surface area contributed by atoms with Gasteiger partial charge in [-0.2, -0.15) is 0 Å². The number of β-amino-alcohol motifs (C(OH)–C–C–N with tert-alkyl or cyclic N) is 1. The number of aliphatic hydroxyl groups is 1. The quantitative estimate of drug-likeness (QED) is 0.907. The molecule has 1 atom stereocenters. The number of aromatic nitrogens is 1. The van der Waals surface area contributed by atoms with Crippen molar-refractivity contribution in [3.8, 4) is 0 Å². The summed E-state index contributed by atoms with van der Waals surface area (Å²) in [7, 11) is 0. The number of hydrogen-bond donors (Lipinski definition) is 1. The van der Waals surface area contributed by atoms with Crippen molar-refractivity contribution in [2.45, 2.75) is 12.0 Å². The van der Waals surface area contributed by atoms with Gasteiger partial charge in [0.2, 0.25) is 0 Å². The lowest BCUT2D eigenvalue weighted by atomic mass is 10.0. The summed E-state index contributed by atoms with van der Waals surface area (Å²) < 4.78 is 5.36. The predicted octanol–water partition coefficient (Wildman–Crippen LogP) is 1.14. The topological polar surface area (TPSA) is 65.9 Å². The molecule has 0 spiro atoms. The molecule has 1 N–H and O–H groups in total. The summed E-state index contributed by atoms with van der Waals surface area (Å²) in [4.78, 5) is 21.3. The van der Waals surface area contributed by atoms with Gasteiger partial charge in [-0.25, -0.2) is 0 Å². The largest absolute Gasteiger partial charge is 0.387 e. The minimum absolute atomic E-state index is 0.0310. The van der Waals surface area contributed by atoms with Gasteiger partial charge in [0.1, 0.15) is 0 Å². The Morgan fingerprint density at radius 2 is 2.04 bits per heavy atom. The number of hydrogen-bond acceptors (Lipinski definition) is 5. The number of likely N-dealkylation sites (tertiary alicyclic amines) is 1. The van der Waals surface area contributed by atoms with Gasteiger partial charge in [0, 0.05) is 43.3 Å². The number of pyridine rings is 1. The van der Waals surface area contributed by atoms with Crippen molar-refractivity contribution in [2.75, 3.05) is 45.9 Å². The molecule has 1 aromatic heterocycles. The maximum absolute atomic E-state index is 13.0. The Balaban J connectivity index is 1.49. The van der Waals surface area contributed by atoms with E-state index in [1.54, 1.807) is 11.1 Å². The van der Waals surface area contributed by atoms with E-state index in [-0.39, 0.29) is 5.91 Å². The molecule has 0 aliphatic carbocycles. The van der Waals surface area contributed by atoms with Crippen molar-refractivity contribution >= 4 is 16.8 Å². The van der Waals surface area contributed by atoms with Crippen LogP contribution in [0.2, 0.25) is 0 Å². The molecular weight excluding hydrogens is 318 g/mol. The van der Waals surface area contributed by atoms with Crippen LogP contribution in [0.4, 0.5) is 0 Å². The molecule has 25 heavy (non-hydrogen) atoms. The van der Waals surface area contributed by atoms with Crippen LogP contribution in [0.1, 0.15) is 16.8 Å². The molecule has 6 heteroatoms. The van der Waals surface area contributed by atoms with Crippen molar-refractivity contribution in [1.29, 1.82) is 0 Å². The summed E-state index contributed by atoms with van der Waals surface area (Å²) in [6.45, 7) is 4.65. The minimum atomic E-state index is -0.837. The third kappa shape index (κ3) is 3.38. The second kappa shape index (κ2) is 6.71. The standard InChI is InChI=1S/C19H23N3O3/c23-18(16-3-1-5-17-15(16)4-2-7-20-17)22-8-6-19(24,14-22)13-21-9-11-25-12-10-21/h1-5,7,24H,6,8-14H2/t19-/m0/s1. The number of carbonyl (C=O) groups is 1. The number of carbonyl (C=O) groups excluding carboxylic acids is 1. The van der Waals surface area contributed by atoms with Gasteiger partial charge in [-0.15, -0.1) is 0 Å². The molecule has 3 heterocycles. The Hall–Kier alpha value is -2.02. The molecule has 0 saturated carbocycles. The zero-order valence-electron chi connectivity index (χ0n) is 14.2. The van der Waals surface area contributed by atoms with Gasteiger partial charge in [0.15, 0.2) is 0 Å². The third-order valence-electron chi connectivity index (χ3n) is 5.12. The summed E-state index contributed by atoms with van der Waals surface area (Å²) in [6.07, 6.45) is 2.34. The summed E-state index contributed by atoms with van der Waals surface area (Å²) in [5.74, 6) is -0.0310. The summed E-state index contributed by atoms with van der Waals surface area (Å²) in [5, 5.41) is 11.8.